The zero-order valence-corrected chi connectivity index (χ0v) is 15.0. The lowest BCUT2D eigenvalue weighted by molar-refractivity contribution is 0.704. The summed E-state index contributed by atoms with van der Waals surface area (Å²) in [6.07, 6.45) is 0. The number of aromatic nitrogens is 2. The van der Waals surface area contributed by atoms with Gasteiger partial charge in [0.1, 0.15) is 5.92 Å². The van der Waals surface area contributed by atoms with Crippen molar-refractivity contribution in [1.29, 1.82) is 10.5 Å². The average Bonchev–Trinajstić information content (AvgIpc) is 3.04. The average molecular weight is 373 g/mol. The Morgan fingerprint density at radius 2 is 1.59 bits per heavy atom. The first kappa shape index (κ1) is 18.1. The van der Waals surface area contributed by atoms with Crippen molar-refractivity contribution in [2.45, 2.75) is 5.92 Å². The first-order valence-corrected chi connectivity index (χ1v) is 8.53. The van der Waals surface area contributed by atoms with Gasteiger partial charge in [0.25, 0.3) is 5.56 Å². The lowest BCUT2D eigenvalue weighted by atomic mass is 9.81. The van der Waals surface area contributed by atoms with Gasteiger partial charge in [-0.2, -0.15) is 15.2 Å². The first-order valence-electron chi connectivity index (χ1n) is 8.12. The van der Waals surface area contributed by atoms with Gasteiger partial charge in [-0.25, -0.2) is 0 Å². The summed E-state index contributed by atoms with van der Waals surface area (Å²) in [5.74, 6) is -1.81. The molecule has 1 unspecified atom stereocenters. The molecule has 3 N–H and O–H groups in total. The van der Waals surface area contributed by atoms with E-state index in [0.717, 1.165) is 10.2 Å². The van der Waals surface area contributed by atoms with Gasteiger partial charge >= 0.3 is 0 Å². The second kappa shape index (κ2) is 7.69. The Kier molecular flexibility index (Phi) is 5.16. The Morgan fingerprint density at radius 1 is 1.04 bits per heavy atom. The van der Waals surface area contributed by atoms with E-state index in [1.54, 1.807) is 24.3 Å². The highest BCUT2D eigenvalue weighted by Crippen LogP contribution is 2.35. The molecule has 1 aromatic heterocycles. The maximum Gasteiger partial charge on any atom is 0.277 e. The number of nitrogens with two attached hydrogens (primary N) is 1. The van der Waals surface area contributed by atoms with E-state index in [9.17, 15) is 15.3 Å². The highest BCUT2D eigenvalue weighted by Gasteiger charge is 2.32. The summed E-state index contributed by atoms with van der Waals surface area (Å²) in [4.78, 5) is 13.1. The zero-order chi connectivity index (χ0) is 19.4. The van der Waals surface area contributed by atoms with Crippen molar-refractivity contribution in [2.24, 2.45) is 11.7 Å². The van der Waals surface area contributed by atoms with Crippen LogP contribution in [0.3, 0.4) is 0 Å². The molecular weight excluding hydrogens is 358 g/mol. The number of hydrogen-bond acceptors (Lipinski definition) is 4. The van der Waals surface area contributed by atoms with Gasteiger partial charge in [-0.15, -0.1) is 0 Å². The fourth-order valence-corrected chi connectivity index (χ4v) is 3.21. The quantitative estimate of drug-likeness (QED) is 0.683. The maximum atomic E-state index is 13.1. The third-order valence-electron chi connectivity index (χ3n) is 4.29. The van der Waals surface area contributed by atoms with Crippen LogP contribution in [-0.4, -0.2) is 14.9 Å². The van der Waals surface area contributed by atoms with Gasteiger partial charge in [-0.05, 0) is 23.3 Å². The Hall–Kier alpha value is -3.68. The van der Waals surface area contributed by atoms with Gasteiger partial charge in [0, 0.05) is 5.92 Å². The minimum absolute atomic E-state index is 0.138. The molecule has 7 heteroatoms. The number of benzene rings is 2. The molecule has 1 heterocycles. The maximum absolute atomic E-state index is 13.1. The summed E-state index contributed by atoms with van der Waals surface area (Å²) in [5.41, 5.74) is 7.41. The van der Waals surface area contributed by atoms with Crippen LogP contribution in [0.4, 0.5) is 0 Å². The molecular formula is C20H15N5OS. The number of hydrogen-bond donors (Lipinski definition) is 2. The van der Waals surface area contributed by atoms with Crippen molar-refractivity contribution in [3.05, 3.63) is 82.1 Å². The zero-order valence-electron chi connectivity index (χ0n) is 14.2. The lowest BCUT2D eigenvalue weighted by Crippen LogP contribution is -2.32. The van der Waals surface area contributed by atoms with Gasteiger partial charge in [0.05, 0.1) is 23.4 Å². The van der Waals surface area contributed by atoms with E-state index in [4.69, 9.17) is 18.0 Å². The molecule has 0 aliphatic rings. The van der Waals surface area contributed by atoms with E-state index in [1.165, 1.54) is 0 Å². The van der Waals surface area contributed by atoms with Crippen LogP contribution in [0.5, 0.6) is 0 Å². The molecule has 0 saturated carbocycles. The number of nitrogens with one attached hydrogen (secondary N) is 1. The predicted octanol–water partition coefficient (Wildman–Crippen LogP) is 2.73. The van der Waals surface area contributed by atoms with Crippen LogP contribution in [0.15, 0.2) is 65.5 Å². The Morgan fingerprint density at radius 3 is 2.11 bits per heavy atom. The lowest BCUT2D eigenvalue weighted by Gasteiger charge is -2.17. The second-order valence-electron chi connectivity index (χ2n) is 5.87. The Balaban J connectivity index is 2.36. The highest BCUT2D eigenvalue weighted by molar-refractivity contribution is 7.80. The fourth-order valence-electron chi connectivity index (χ4n) is 3.08. The van der Waals surface area contributed by atoms with E-state index in [2.05, 4.69) is 5.10 Å². The molecule has 3 aromatic rings. The molecule has 3 rings (SSSR count). The molecule has 2 aromatic carbocycles. The third-order valence-corrected chi connectivity index (χ3v) is 4.47. The van der Waals surface area contributed by atoms with E-state index in [-0.39, 0.29) is 10.7 Å². The van der Waals surface area contributed by atoms with E-state index < -0.39 is 17.4 Å². The second-order valence-corrected chi connectivity index (χ2v) is 6.29. The van der Waals surface area contributed by atoms with Crippen LogP contribution in [-0.2, 0) is 0 Å². The van der Waals surface area contributed by atoms with E-state index >= 15 is 0 Å². The fraction of sp³-hybridized carbons (Fsp3) is 0.100. The van der Waals surface area contributed by atoms with Gasteiger partial charge in [-0.1, -0.05) is 60.7 Å². The van der Waals surface area contributed by atoms with Crippen molar-refractivity contribution in [3.63, 3.8) is 0 Å². The van der Waals surface area contributed by atoms with Crippen molar-refractivity contribution in [1.82, 2.24) is 9.78 Å². The van der Waals surface area contributed by atoms with Crippen molar-refractivity contribution in [2.75, 3.05) is 0 Å². The van der Waals surface area contributed by atoms with Crippen LogP contribution in [0, 0.1) is 28.6 Å². The summed E-state index contributed by atoms with van der Waals surface area (Å²) in [6, 6.07) is 22.2. The van der Waals surface area contributed by atoms with Crippen molar-refractivity contribution >= 4 is 17.3 Å². The summed E-state index contributed by atoms with van der Waals surface area (Å²) in [7, 11) is 0. The minimum Gasteiger partial charge on any atom is -0.374 e. The summed E-state index contributed by atoms with van der Waals surface area (Å²) >= 11 is 4.98. The van der Waals surface area contributed by atoms with E-state index in [0.29, 0.717) is 11.3 Å². The third kappa shape index (κ3) is 3.37. The van der Waals surface area contributed by atoms with E-state index in [1.807, 2.05) is 48.5 Å². The number of H-pyrrole nitrogens is 1. The van der Waals surface area contributed by atoms with Crippen LogP contribution < -0.4 is 11.3 Å². The normalized spacial score (nSPS) is 11.5. The summed E-state index contributed by atoms with van der Waals surface area (Å²) in [5, 5.41) is 21.9. The number of thiocarbonyl (C=S) groups is 1. The molecule has 1 atom stereocenters. The molecule has 6 nitrogen and oxygen atoms in total. The minimum atomic E-state index is -1.06. The Labute approximate surface area is 161 Å². The molecule has 27 heavy (non-hydrogen) atoms. The smallest absolute Gasteiger partial charge is 0.277 e. The molecule has 0 radical (unpaired) electrons. The molecule has 0 aliphatic heterocycles. The summed E-state index contributed by atoms with van der Waals surface area (Å²) in [6.45, 7) is 0. The van der Waals surface area contributed by atoms with Crippen LogP contribution in [0.2, 0.25) is 0 Å². The SMILES string of the molecule is N#CC(C#N)C(c1ccccc1)c1c(-c2ccccc2)[nH]n(C(N)=S)c1=O. The molecule has 0 bridgehead atoms. The van der Waals surface area contributed by atoms with Gasteiger partial charge in [-0.3, -0.25) is 9.89 Å². The van der Waals surface area contributed by atoms with Crippen LogP contribution in [0.1, 0.15) is 17.0 Å². The van der Waals surface area contributed by atoms with Crippen molar-refractivity contribution < 1.29 is 0 Å². The molecule has 132 valence electrons. The predicted molar refractivity (Wildman–Crippen MR) is 106 cm³/mol. The number of rotatable bonds is 4. The number of nitriles is 2. The molecule has 0 saturated heterocycles. The molecule has 0 amide bonds. The molecule has 0 aliphatic carbocycles. The van der Waals surface area contributed by atoms with Crippen molar-refractivity contribution in [3.8, 4) is 23.4 Å². The highest BCUT2D eigenvalue weighted by atomic mass is 32.1. The molecule has 0 spiro atoms. The molecule has 0 fully saturated rings. The van der Waals surface area contributed by atoms with Crippen LogP contribution >= 0.6 is 12.2 Å². The summed E-state index contributed by atoms with van der Waals surface area (Å²) < 4.78 is 1.06. The van der Waals surface area contributed by atoms with Crippen LogP contribution in [0.25, 0.3) is 11.3 Å². The number of nitrogens with zero attached hydrogens (tertiary/aromatic N) is 3. The van der Waals surface area contributed by atoms with Gasteiger partial charge < -0.3 is 5.73 Å². The largest absolute Gasteiger partial charge is 0.374 e. The van der Waals surface area contributed by atoms with Gasteiger partial charge in [0.2, 0.25) is 0 Å². The van der Waals surface area contributed by atoms with Gasteiger partial charge in [0.15, 0.2) is 5.11 Å². The topological polar surface area (TPSA) is 111 Å². The standard InChI is InChI=1S/C20H15N5OS/c21-11-15(12-22)16(13-7-3-1-4-8-13)17-18(14-9-5-2-6-10-14)24-25(19(17)26)20(23)27/h1-10,15-16,24H,(H2,23,27). The first-order chi connectivity index (χ1) is 13.1. The Bertz CT molecular complexity index is 1090. The monoisotopic (exact) mass is 373 g/mol. The number of aromatic amines is 1.